The van der Waals surface area contributed by atoms with Gasteiger partial charge in [-0.1, -0.05) is 13.8 Å². The van der Waals surface area contributed by atoms with Gasteiger partial charge in [-0.2, -0.15) is 0 Å². The molecule has 0 radical (unpaired) electrons. The van der Waals surface area contributed by atoms with Gasteiger partial charge < -0.3 is 9.47 Å². The lowest BCUT2D eigenvalue weighted by molar-refractivity contribution is -0.415. The lowest BCUT2D eigenvalue weighted by Crippen LogP contribution is -2.41. The third-order valence-electron chi connectivity index (χ3n) is 2.67. The van der Waals surface area contributed by atoms with E-state index >= 15 is 0 Å². The smallest absolute Gasteiger partial charge is 0.431 e. The SMILES string of the molecule is CC(=O)OCC(C)(C)C1OC(C)=[N+](C)C1=O. The summed E-state index contributed by atoms with van der Waals surface area (Å²) in [6.07, 6.45) is -0.586. The number of carbonyl (C=O) groups is 2. The molecule has 0 spiro atoms. The minimum atomic E-state index is -0.586. The monoisotopic (exact) mass is 228 g/mol. The first-order valence-corrected chi connectivity index (χ1v) is 5.17. The fourth-order valence-corrected chi connectivity index (χ4v) is 1.49. The maximum Gasteiger partial charge on any atom is 0.431 e. The second-order valence-electron chi connectivity index (χ2n) is 4.68. The summed E-state index contributed by atoms with van der Waals surface area (Å²) >= 11 is 0. The molecule has 1 rings (SSSR count). The van der Waals surface area contributed by atoms with Crippen LogP contribution in [0.1, 0.15) is 27.7 Å². The zero-order chi connectivity index (χ0) is 12.5. The molecular formula is C11H18NO4+. The van der Waals surface area contributed by atoms with Crippen LogP contribution in [-0.2, 0) is 19.1 Å². The Morgan fingerprint density at radius 2 is 2.12 bits per heavy atom. The zero-order valence-corrected chi connectivity index (χ0v) is 10.4. The lowest BCUT2D eigenvalue weighted by atomic mass is 9.87. The Kier molecular flexibility index (Phi) is 3.35. The van der Waals surface area contributed by atoms with Gasteiger partial charge in [-0.3, -0.25) is 4.79 Å². The number of likely N-dealkylation sites (N-methyl/N-ethyl adjacent to an activating group) is 1. The van der Waals surface area contributed by atoms with Crippen molar-refractivity contribution in [2.75, 3.05) is 13.7 Å². The molecule has 90 valence electrons. The predicted molar refractivity (Wildman–Crippen MR) is 57.2 cm³/mol. The average molecular weight is 228 g/mol. The van der Waals surface area contributed by atoms with Gasteiger partial charge in [-0.05, 0) is 0 Å². The number of esters is 1. The molecule has 0 bridgehead atoms. The molecule has 0 aromatic heterocycles. The van der Waals surface area contributed by atoms with Crippen molar-refractivity contribution in [1.29, 1.82) is 0 Å². The second-order valence-corrected chi connectivity index (χ2v) is 4.68. The molecule has 0 saturated carbocycles. The van der Waals surface area contributed by atoms with Crippen molar-refractivity contribution in [2.24, 2.45) is 5.41 Å². The molecule has 0 aromatic rings. The molecule has 1 amide bonds. The number of hydrogen-bond acceptors (Lipinski definition) is 4. The molecular weight excluding hydrogens is 210 g/mol. The van der Waals surface area contributed by atoms with Gasteiger partial charge in [0.05, 0.1) is 12.3 Å². The Hall–Kier alpha value is -1.39. The van der Waals surface area contributed by atoms with Crippen molar-refractivity contribution in [3.8, 4) is 0 Å². The van der Waals surface area contributed by atoms with Crippen molar-refractivity contribution in [3.05, 3.63) is 0 Å². The number of rotatable bonds is 3. The van der Waals surface area contributed by atoms with Crippen molar-refractivity contribution < 1.29 is 23.6 Å². The number of hydrogen-bond donors (Lipinski definition) is 0. The molecule has 1 heterocycles. The van der Waals surface area contributed by atoms with Gasteiger partial charge in [0.15, 0.2) is 0 Å². The first-order valence-electron chi connectivity index (χ1n) is 5.17. The number of carbonyl (C=O) groups excluding carboxylic acids is 2. The Morgan fingerprint density at radius 3 is 2.50 bits per heavy atom. The topological polar surface area (TPSA) is 55.6 Å². The van der Waals surface area contributed by atoms with E-state index < -0.39 is 11.5 Å². The second kappa shape index (κ2) is 4.23. The van der Waals surface area contributed by atoms with Crippen LogP contribution in [0.25, 0.3) is 0 Å². The van der Waals surface area contributed by atoms with Crippen molar-refractivity contribution >= 4 is 17.8 Å². The van der Waals surface area contributed by atoms with Crippen LogP contribution < -0.4 is 0 Å². The highest BCUT2D eigenvalue weighted by atomic mass is 16.5. The first kappa shape index (κ1) is 12.7. The Balaban J connectivity index is 2.72. The molecule has 0 aliphatic carbocycles. The van der Waals surface area contributed by atoms with Crippen LogP contribution >= 0.6 is 0 Å². The maximum atomic E-state index is 11.8. The minimum absolute atomic E-state index is 0.102. The van der Waals surface area contributed by atoms with Gasteiger partial charge in [0.2, 0.25) is 6.10 Å². The fraction of sp³-hybridized carbons (Fsp3) is 0.727. The van der Waals surface area contributed by atoms with E-state index in [9.17, 15) is 9.59 Å². The Bertz CT molecular complexity index is 357. The highest BCUT2D eigenvalue weighted by Gasteiger charge is 2.49. The minimum Gasteiger partial charge on any atom is -0.465 e. The predicted octanol–water partition coefficient (Wildman–Crippen LogP) is 0.562. The van der Waals surface area contributed by atoms with E-state index in [4.69, 9.17) is 9.47 Å². The summed E-state index contributed by atoms with van der Waals surface area (Å²) in [5.74, 6) is 0.119. The summed E-state index contributed by atoms with van der Waals surface area (Å²) in [7, 11) is 1.67. The summed E-state index contributed by atoms with van der Waals surface area (Å²) in [5.41, 5.74) is -0.533. The van der Waals surface area contributed by atoms with Gasteiger partial charge in [0.25, 0.3) is 0 Å². The third-order valence-corrected chi connectivity index (χ3v) is 2.67. The lowest BCUT2D eigenvalue weighted by Gasteiger charge is -2.25. The van der Waals surface area contributed by atoms with E-state index in [0.29, 0.717) is 5.90 Å². The highest BCUT2D eigenvalue weighted by Crippen LogP contribution is 2.27. The van der Waals surface area contributed by atoms with Crippen LogP contribution in [0.2, 0.25) is 0 Å². The van der Waals surface area contributed by atoms with E-state index in [1.807, 2.05) is 13.8 Å². The molecule has 16 heavy (non-hydrogen) atoms. The molecule has 1 atom stereocenters. The average Bonchev–Trinajstić information content (AvgIpc) is 2.44. The van der Waals surface area contributed by atoms with Crippen molar-refractivity contribution in [1.82, 2.24) is 0 Å². The largest absolute Gasteiger partial charge is 0.465 e. The summed E-state index contributed by atoms with van der Waals surface area (Å²) < 4.78 is 11.9. The van der Waals surface area contributed by atoms with Crippen LogP contribution in [0.4, 0.5) is 0 Å². The van der Waals surface area contributed by atoms with Crippen LogP contribution in [0.15, 0.2) is 0 Å². The molecule has 1 aliphatic heterocycles. The third kappa shape index (κ3) is 2.40. The Morgan fingerprint density at radius 1 is 1.56 bits per heavy atom. The van der Waals surface area contributed by atoms with E-state index in [0.717, 1.165) is 0 Å². The van der Waals surface area contributed by atoms with Crippen LogP contribution in [0, 0.1) is 5.41 Å². The molecule has 0 saturated heterocycles. The summed E-state index contributed by atoms with van der Waals surface area (Å²) in [4.78, 5) is 22.6. The van der Waals surface area contributed by atoms with Crippen LogP contribution in [-0.4, -0.2) is 42.1 Å². The van der Waals surface area contributed by atoms with Crippen LogP contribution in [0.3, 0.4) is 0 Å². The van der Waals surface area contributed by atoms with Crippen molar-refractivity contribution in [2.45, 2.75) is 33.8 Å². The molecule has 0 N–H and O–H groups in total. The van der Waals surface area contributed by atoms with E-state index in [1.54, 1.807) is 14.0 Å². The van der Waals surface area contributed by atoms with Gasteiger partial charge in [0, 0.05) is 6.92 Å². The molecule has 0 aromatic carbocycles. The molecule has 5 nitrogen and oxygen atoms in total. The molecule has 1 aliphatic rings. The van der Waals surface area contributed by atoms with Gasteiger partial charge >= 0.3 is 17.8 Å². The highest BCUT2D eigenvalue weighted by molar-refractivity contribution is 5.87. The molecule has 5 heteroatoms. The summed E-state index contributed by atoms with van der Waals surface area (Å²) in [6, 6.07) is 0. The number of nitrogens with zero attached hydrogens (tertiary/aromatic N) is 1. The summed E-state index contributed by atoms with van der Waals surface area (Å²) in [6.45, 7) is 6.92. The van der Waals surface area contributed by atoms with Crippen molar-refractivity contribution in [3.63, 3.8) is 0 Å². The normalized spacial score (nSPS) is 21.1. The number of ether oxygens (including phenoxy) is 2. The quantitative estimate of drug-likeness (QED) is 0.523. The van der Waals surface area contributed by atoms with Gasteiger partial charge in [0.1, 0.15) is 13.7 Å². The first-order chi connectivity index (χ1) is 7.25. The standard InChI is InChI=1S/C11H18NO4/c1-7-12(5)10(14)9(16-7)11(3,4)6-15-8(2)13/h9H,6H2,1-5H3/q+1. The summed E-state index contributed by atoms with van der Waals surface area (Å²) in [5, 5.41) is 0. The van der Waals surface area contributed by atoms with E-state index in [2.05, 4.69) is 0 Å². The fourth-order valence-electron chi connectivity index (χ4n) is 1.49. The van der Waals surface area contributed by atoms with Crippen LogP contribution in [0.5, 0.6) is 0 Å². The van der Waals surface area contributed by atoms with E-state index in [1.165, 1.54) is 11.5 Å². The molecule has 0 fully saturated rings. The number of amides is 1. The van der Waals surface area contributed by atoms with Gasteiger partial charge in [-0.25, -0.2) is 4.79 Å². The maximum absolute atomic E-state index is 11.8. The van der Waals surface area contributed by atoms with E-state index in [-0.39, 0.29) is 18.5 Å². The van der Waals surface area contributed by atoms with Gasteiger partial charge in [-0.15, -0.1) is 4.58 Å². The molecule has 1 unspecified atom stereocenters. The Labute approximate surface area is 95.0 Å². The zero-order valence-electron chi connectivity index (χ0n) is 10.4.